The molecule has 0 unspecified atom stereocenters. The maximum absolute atomic E-state index is 11.9. The normalized spacial score (nSPS) is 23.5. The van der Waals surface area contributed by atoms with E-state index < -0.39 is 54.0 Å². The summed E-state index contributed by atoms with van der Waals surface area (Å²) in [5.74, 6) is -6.05. The van der Waals surface area contributed by atoms with Gasteiger partial charge in [0.1, 0.15) is 12.2 Å². The lowest BCUT2D eigenvalue weighted by Crippen LogP contribution is -2.56. The molecule has 2 aromatic heterocycles. The fourth-order valence-electron chi connectivity index (χ4n) is 2.97. The van der Waals surface area contributed by atoms with Gasteiger partial charge in [-0.3, -0.25) is 23.8 Å². The number of fused-ring (bicyclic) bond motifs is 1. The zero-order valence-corrected chi connectivity index (χ0v) is 16.4. The molecule has 15 nitrogen and oxygen atoms in total. The molecule has 3 N–H and O–H groups in total. The largest absolute Gasteiger partial charge is 0.442 e. The Bertz CT molecular complexity index is 1050. The first kappa shape index (κ1) is 22.3. The molecule has 3 heterocycles. The summed E-state index contributed by atoms with van der Waals surface area (Å²) in [6, 6.07) is 0. The molecule has 168 valence electrons. The van der Waals surface area contributed by atoms with E-state index in [9.17, 15) is 29.4 Å². The van der Waals surface area contributed by atoms with Crippen molar-refractivity contribution in [1.29, 1.82) is 0 Å². The molecule has 1 saturated heterocycles. The quantitative estimate of drug-likeness (QED) is 0.192. The van der Waals surface area contributed by atoms with Gasteiger partial charge in [0.05, 0.1) is 12.7 Å². The van der Waals surface area contributed by atoms with Gasteiger partial charge in [0, 0.05) is 20.8 Å². The van der Waals surface area contributed by atoms with Gasteiger partial charge in [0.15, 0.2) is 23.5 Å². The van der Waals surface area contributed by atoms with Crippen LogP contribution in [0.1, 0.15) is 27.0 Å². The number of rotatable bonds is 6. The van der Waals surface area contributed by atoms with Gasteiger partial charge in [-0.25, -0.2) is 14.8 Å². The Morgan fingerprint density at radius 3 is 2.32 bits per heavy atom. The van der Waals surface area contributed by atoms with Crippen LogP contribution in [-0.4, -0.2) is 71.9 Å². The Balaban J connectivity index is 2.04. The van der Waals surface area contributed by atoms with E-state index in [4.69, 9.17) is 19.1 Å². The molecule has 1 aliphatic rings. The van der Waals surface area contributed by atoms with Crippen LogP contribution in [0.25, 0.3) is 11.2 Å². The van der Waals surface area contributed by atoms with Crippen molar-refractivity contribution in [3.63, 3.8) is 0 Å². The Hall–Kier alpha value is -3.40. The van der Waals surface area contributed by atoms with Crippen molar-refractivity contribution in [1.82, 2.24) is 19.5 Å². The van der Waals surface area contributed by atoms with E-state index in [0.29, 0.717) is 0 Å². The molecule has 0 spiro atoms. The number of aromatic nitrogens is 4. The summed E-state index contributed by atoms with van der Waals surface area (Å²) in [5.41, 5.74) is -0.661. The van der Waals surface area contributed by atoms with Crippen LogP contribution in [0.5, 0.6) is 0 Å². The second-order valence-corrected chi connectivity index (χ2v) is 6.43. The molecule has 0 bridgehead atoms. The minimum absolute atomic E-state index is 0.00729. The van der Waals surface area contributed by atoms with Gasteiger partial charge in [-0.1, -0.05) is 4.89 Å². The average Bonchev–Trinajstić information content (AvgIpc) is 3.22. The van der Waals surface area contributed by atoms with Crippen molar-refractivity contribution in [2.45, 2.75) is 51.3 Å². The maximum Gasteiger partial charge on any atom is 0.442 e. The third kappa shape index (κ3) is 4.24. The van der Waals surface area contributed by atoms with Crippen molar-refractivity contribution in [3.05, 3.63) is 23.0 Å². The summed E-state index contributed by atoms with van der Waals surface area (Å²) in [5, 5.41) is 21.1. The highest BCUT2D eigenvalue weighted by Crippen LogP contribution is 2.39. The third-order valence-electron chi connectivity index (χ3n) is 4.07. The topological polar surface area (TPSA) is 201 Å². The van der Waals surface area contributed by atoms with Gasteiger partial charge in [-0.2, -0.15) is 0 Å². The molecule has 15 heteroatoms. The highest BCUT2D eigenvalue weighted by atomic mass is 17.3. The molecule has 0 radical (unpaired) electrons. The SMILES string of the molecule is CC(=O)OOC(OC(C)=O)(OC(C)=O)[C@H]1O[C@@H](n2cnc3c(=O)[nH]cnc32)[C@H](O)[C@@H]1O. The van der Waals surface area contributed by atoms with E-state index in [1.807, 2.05) is 0 Å². The van der Waals surface area contributed by atoms with Crippen molar-refractivity contribution in [3.8, 4) is 0 Å². The van der Waals surface area contributed by atoms with E-state index in [2.05, 4.69) is 19.8 Å². The number of imidazole rings is 1. The van der Waals surface area contributed by atoms with Crippen LogP contribution >= 0.6 is 0 Å². The van der Waals surface area contributed by atoms with E-state index in [0.717, 1.165) is 38.0 Å². The highest BCUT2D eigenvalue weighted by Gasteiger charge is 2.62. The number of H-pyrrole nitrogens is 1. The van der Waals surface area contributed by atoms with Gasteiger partial charge in [-0.05, 0) is 0 Å². The zero-order valence-electron chi connectivity index (χ0n) is 16.4. The molecule has 0 saturated carbocycles. The molecule has 0 amide bonds. The number of aromatic amines is 1. The first-order valence-electron chi connectivity index (χ1n) is 8.73. The molecule has 0 aromatic carbocycles. The predicted molar refractivity (Wildman–Crippen MR) is 93.2 cm³/mol. The van der Waals surface area contributed by atoms with Gasteiger partial charge in [-0.15, -0.1) is 0 Å². The van der Waals surface area contributed by atoms with E-state index in [-0.39, 0.29) is 11.2 Å². The number of carbonyl (C=O) groups excluding carboxylic acids is 3. The van der Waals surface area contributed by atoms with Crippen LogP contribution in [0.2, 0.25) is 0 Å². The lowest BCUT2D eigenvalue weighted by molar-refractivity contribution is -0.488. The molecular formula is C16H18N4O11. The molecule has 31 heavy (non-hydrogen) atoms. The van der Waals surface area contributed by atoms with Crippen molar-refractivity contribution < 1.29 is 48.6 Å². The summed E-state index contributed by atoms with van der Waals surface area (Å²) in [6.45, 7) is 2.78. The van der Waals surface area contributed by atoms with Gasteiger partial charge in [0.2, 0.25) is 0 Å². The third-order valence-corrected chi connectivity index (χ3v) is 4.07. The van der Waals surface area contributed by atoms with Crippen molar-refractivity contribution >= 4 is 29.1 Å². The molecule has 4 atom stereocenters. The number of hydrogen-bond acceptors (Lipinski definition) is 13. The average molecular weight is 442 g/mol. The molecule has 1 fully saturated rings. The number of ether oxygens (including phenoxy) is 3. The van der Waals surface area contributed by atoms with E-state index in [1.54, 1.807) is 0 Å². The van der Waals surface area contributed by atoms with E-state index >= 15 is 0 Å². The summed E-state index contributed by atoms with van der Waals surface area (Å²) < 4.78 is 16.5. The van der Waals surface area contributed by atoms with Crippen LogP contribution in [0.15, 0.2) is 17.4 Å². The zero-order chi connectivity index (χ0) is 22.9. The van der Waals surface area contributed by atoms with Gasteiger partial charge in [0.25, 0.3) is 5.56 Å². The predicted octanol–water partition coefficient (Wildman–Crippen LogP) is -1.99. The van der Waals surface area contributed by atoms with Crippen molar-refractivity contribution in [2.24, 2.45) is 0 Å². The number of aliphatic hydroxyl groups excluding tert-OH is 2. The second-order valence-electron chi connectivity index (χ2n) is 6.43. The van der Waals surface area contributed by atoms with Gasteiger partial charge >= 0.3 is 23.9 Å². The number of nitrogens with one attached hydrogen (secondary N) is 1. The summed E-state index contributed by atoms with van der Waals surface area (Å²) in [7, 11) is 0. The lowest BCUT2D eigenvalue weighted by Gasteiger charge is -2.34. The van der Waals surface area contributed by atoms with Crippen LogP contribution in [0.3, 0.4) is 0 Å². The van der Waals surface area contributed by atoms with Crippen LogP contribution in [0.4, 0.5) is 0 Å². The first-order valence-corrected chi connectivity index (χ1v) is 8.73. The Morgan fingerprint density at radius 1 is 1.10 bits per heavy atom. The fourth-order valence-corrected chi connectivity index (χ4v) is 2.97. The Labute approximate surface area is 172 Å². The summed E-state index contributed by atoms with van der Waals surface area (Å²) in [6.07, 6.45) is -4.80. The Morgan fingerprint density at radius 2 is 1.74 bits per heavy atom. The van der Waals surface area contributed by atoms with E-state index in [1.165, 1.54) is 0 Å². The summed E-state index contributed by atoms with van der Waals surface area (Å²) >= 11 is 0. The monoisotopic (exact) mass is 442 g/mol. The smallest absolute Gasteiger partial charge is 0.394 e. The van der Waals surface area contributed by atoms with Crippen LogP contribution < -0.4 is 5.56 Å². The number of carbonyl (C=O) groups is 3. The standard InChI is InChI=1S/C16H18N4O11/c1-6(21)28-16(29-7(2)22,31-30-8(3)23)12-10(24)11(25)15(27-12)20-5-19-9-13(20)17-4-18-14(9)26/h4-5,10-12,15,24-25H,1-3H3,(H,17,18,26)/t10-,11+,12-,15+/m0/s1. The minimum atomic E-state index is -2.90. The number of aliphatic hydroxyl groups is 2. The van der Waals surface area contributed by atoms with Crippen LogP contribution in [0, 0.1) is 0 Å². The highest BCUT2D eigenvalue weighted by molar-refractivity contribution is 5.69. The van der Waals surface area contributed by atoms with Crippen molar-refractivity contribution in [2.75, 3.05) is 0 Å². The number of nitrogens with zero attached hydrogens (tertiary/aromatic N) is 3. The number of hydrogen-bond donors (Lipinski definition) is 3. The molecule has 2 aromatic rings. The minimum Gasteiger partial charge on any atom is -0.394 e. The molecule has 3 rings (SSSR count). The van der Waals surface area contributed by atoms with Gasteiger partial charge < -0.3 is 29.4 Å². The molecular weight excluding hydrogens is 424 g/mol. The lowest BCUT2D eigenvalue weighted by atomic mass is 10.1. The second kappa shape index (κ2) is 8.38. The number of esters is 2. The molecule has 0 aliphatic carbocycles. The fraction of sp³-hybridized carbons (Fsp3) is 0.500. The molecule has 1 aliphatic heterocycles. The Kier molecular flexibility index (Phi) is 6.03. The maximum atomic E-state index is 11.9. The van der Waals surface area contributed by atoms with Crippen LogP contribution in [-0.2, 0) is 38.4 Å². The summed E-state index contributed by atoms with van der Waals surface area (Å²) in [4.78, 5) is 65.7. The first-order chi connectivity index (χ1) is 14.6.